The predicted octanol–water partition coefficient (Wildman–Crippen LogP) is 3.58. The van der Waals surface area contributed by atoms with Crippen molar-refractivity contribution in [2.75, 3.05) is 57.1 Å². The molecule has 0 unspecified atom stereocenters. The zero-order valence-corrected chi connectivity index (χ0v) is 25.0. The lowest BCUT2D eigenvalue weighted by Gasteiger charge is -2.39. The first-order valence-electron chi connectivity index (χ1n) is 14.5. The number of piperazine rings is 1. The van der Waals surface area contributed by atoms with Crippen LogP contribution in [0.4, 0.5) is 21.7 Å². The summed E-state index contributed by atoms with van der Waals surface area (Å²) in [6, 6.07) is 8.14. The molecule has 13 nitrogen and oxygen atoms in total. The van der Waals surface area contributed by atoms with E-state index in [-0.39, 0.29) is 17.6 Å². The highest BCUT2D eigenvalue weighted by atomic mass is 19.1. The number of nitrogens with one attached hydrogen (secondary N) is 1. The number of amides is 1. The molecular weight excluding hydrogens is 579 g/mol. The Balaban J connectivity index is 1.12. The number of hydrogen-bond acceptors (Lipinski definition) is 11. The van der Waals surface area contributed by atoms with Crippen molar-refractivity contribution in [1.29, 1.82) is 0 Å². The summed E-state index contributed by atoms with van der Waals surface area (Å²) in [4.78, 5) is 36.8. The van der Waals surface area contributed by atoms with Gasteiger partial charge < -0.3 is 29.5 Å². The van der Waals surface area contributed by atoms with E-state index in [2.05, 4.69) is 30.3 Å². The highest BCUT2D eigenvalue weighted by Gasteiger charge is 2.35. The van der Waals surface area contributed by atoms with Crippen LogP contribution in [0.5, 0.6) is 17.2 Å². The summed E-state index contributed by atoms with van der Waals surface area (Å²) in [6.45, 7) is 4.58. The first-order chi connectivity index (χ1) is 21.8. The second kappa shape index (κ2) is 11.6. The van der Waals surface area contributed by atoms with Crippen molar-refractivity contribution in [2.45, 2.75) is 13.0 Å². The predicted molar refractivity (Wildman–Crippen MR) is 166 cm³/mol. The molecule has 7 rings (SSSR count). The van der Waals surface area contributed by atoms with Crippen molar-refractivity contribution in [2.24, 2.45) is 0 Å². The van der Waals surface area contributed by atoms with Gasteiger partial charge in [-0.1, -0.05) is 6.08 Å². The SMILES string of the molecule is Cc1cc(Nc2ncnc3cc4c(nc23)N2CCN(C(=O)/C=C/CN(C)C)[C@H](CO4)C2)c(F)cc1Oc1ccn2ncnc2c1. The van der Waals surface area contributed by atoms with Gasteiger partial charge in [0.1, 0.15) is 42.1 Å². The smallest absolute Gasteiger partial charge is 0.246 e. The fourth-order valence-corrected chi connectivity index (χ4v) is 5.49. The molecule has 0 spiro atoms. The third-order valence-corrected chi connectivity index (χ3v) is 7.78. The Morgan fingerprint density at radius 1 is 1.18 bits per heavy atom. The molecule has 230 valence electrons. The fourth-order valence-electron chi connectivity index (χ4n) is 5.49. The second-order valence-electron chi connectivity index (χ2n) is 11.3. The maximum Gasteiger partial charge on any atom is 0.246 e. The molecule has 2 aliphatic heterocycles. The van der Waals surface area contributed by atoms with E-state index in [1.165, 1.54) is 18.7 Å². The van der Waals surface area contributed by atoms with Crippen LogP contribution >= 0.6 is 0 Å². The number of fused-ring (bicyclic) bond motifs is 6. The van der Waals surface area contributed by atoms with Gasteiger partial charge in [0.05, 0.1) is 17.2 Å². The molecule has 0 aliphatic carbocycles. The topological polar surface area (TPSA) is 126 Å². The Morgan fingerprint density at radius 2 is 2.07 bits per heavy atom. The lowest BCUT2D eigenvalue weighted by atomic mass is 10.1. The standard InChI is InChI=1S/C31H31FN10O3/c1-19-11-23(22(32)13-25(19)45-21-6-8-42-27(12-21)34-18-36-42)37-30-29-24(33-17-35-30)14-26-31(38-29)40-9-10-41(20(15-40)16-44-26)28(43)5-4-7-39(2)3/h4-6,8,11-14,17-18,20H,7,9-10,15-16H2,1-3H3,(H,33,35,37)/b5-4+/t20-/m0/s1. The number of aromatic nitrogens is 6. The van der Waals surface area contributed by atoms with E-state index in [0.29, 0.717) is 83.9 Å². The van der Waals surface area contributed by atoms with E-state index in [9.17, 15) is 4.79 Å². The van der Waals surface area contributed by atoms with Gasteiger partial charge in [-0.15, -0.1) is 0 Å². The number of pyridine rings is 2. The van der Waals surface area contributed by atoms with E-state index in [4.69, 9.17) is 14.5 Å². The number of anilines is 3. The van der Waals surface area contributed by atoms with Crippen LogP contribution < -0.4 is 19.7 Å². The number of carbonyl (C=O) groups excluding carboxylic acids is 1. The summed E-state index contributed by atoms with van der Waals surface area (Å²) in [5.41, 5.74) is 2.57. The van der Waals surface area contributed by atoms with Crippen molar-refractivity contribution in [3.63, 3.8) is 0 Å². The molecule has 1 N–H and O–H groups in total. The molecule has 2 aliphatic rings. The summed E-state index contributed by atoms with van der Waals surface area (Å²) in [7, 11) is 3.91. The van der Waals surface area contributed by atoms with Gasteiger partial charge >= 0.3 is 0 Å². The lowest BCUT2D eigenvalue weighted by Crippen LogP contribution is -2.56. The quantitative estimate of drug-likeness (QED) is 0.272. The Kier molecular flexibility index (Phi) is 7.33. The van der Waals surface area contributed by atoms with E-state index < -0.39 is 5.82 Å². The van der Waals surface area contributed by atoms with Crippen LogP contribution in [0.15, 0.2) is 61.3 Å². The number of likely N-dealkylation sites (N-methyl/N-ethyl adjacent to an activating group) is 1. The van der Waals surface area contributed by atoms with Crippen LogP contribution in [-0.2, 0) is 4.79 Å². The molecule has 0 radical (unpaired) electrons. The summed E-state index contributed by atoms with van der Waals surface area (Å²) in [6.07, 6.45) is 8.07. The first kappa shape index (κ1) is 28.4. The molecule has 2 bridgehead atoms. The largest absolute Gasteiger partial charge is 0.487 e. The van der Waals surface area contributed by atoms with Gasteiger partial charge in [0, 0.05) is 56.7 Å². The molecule has 0 saturated carbocycles. The molecule has 14 heteroatoms. The zero-order chi connectivity index (χ0) is 31.1. The van der Waals surface area contributed by atoms with Gasteiger partial charge in [0.2, 0.25) is 5.91 Å². The maximum absolute atomic E-state index is 15.4. The van der Waals surface area contributed by atoms with Gasteiger partial charge in [-0.3, -0.25) is 4.79 Å². The van der Waals surface area contributed by atoms with Gasteiger partial charge in [0.15, 0.2) is 23.0 Å². The van der Waals surface area contributed by atoms with Gasteiger partial charge in [-0.25, -0.2) is 28.8 Å². The monoisotopic (exact) mass is 610 g/mol. The molecule has 5 aromatic rings. The molecule has 1 amide bonds. The number of hydrogen-bond donors (Lipinski definition) is 1. The van der Waals surface area contributed by atoms with Crippen molar-refractivity contribution in [3.8, 4) is 17.2 Å². The van der Waals surface area contributed by atoms with Gasteiger partial charge in [0.25, 0.3) is 0 Å². The highest BCUT2D eigenvalue weighted by Crippen LogP contribution is 2.37. The second-order valence-corrected chi connectivity index (χ2v) is 11.3. The van der Waals surface area contributed by atoms with Crippen LogP contribution in [0.25, 0.3) is 16.7 Å². The molecule has 4 aromatic heterocycles. The normalized spacial score (nSPS) is 16.2. The molecular formula is C31H31FN10O3. The third-order valence-electron chi connectivity index (χ3n) is 7.78. The number of ether oxygens (including phenoxy) is 2. The van der Waals surface area contributed by atoms with Crippen LogP contribution in [0.1, 0.15) is 5.56 Å². The Bertz CT molecular complexity index is 1940. The average molecular weight is 611 g/mol. The van der Waals surface area contributed by atoms with E-state index in [1.807, 2.05) is 43.0 Å². The van der Waals surface area contributed by atoms with Gasteiger partial charge in [-0.2, -0.15) is 5.10 Å². The van der Waals surface area contributed by atoms with Crippen LogP contribution in [0, 0.1) is 12.7 Å². The third kappa shape index (κ3) is 5.67. The number of carbonyl (C=O) groups is 1. The van der Waals surface area contributed by atoms with E-state index in [0.717, 1.165) is 0 Å². The van der Waals surface area contributed by atoms with Crippen LogP contribution in [-0.4, -0.2) is 98.2 Å². The zero-order valence-electron chi connectivity index (χ0n) is 25.0. The Hall–Kier alpha value is -5.37. The summed E-state index contributed by atoms with van der Waals surface area (Å²) >= 11 is 0. The number of aryl methyl sites for hydroxylation is 1. The highest BCUT2D eigenvalue weighted by molar-refractivity contribution is 5.91. The minimum absolute atomic E-state index is 0.0309. The van der Waals surface area contributed by atoms with Crippen LogP contribution in [0.3, 0.4) is 0 Å². The molecule has 1 saturated heterocycles. The van der Waals surface area contributed by atoms with Crippen molar-refractivity contribution < 1.29 is 18.7 Å². The number of nitrogens with zero attached hydrogens (tertiary/aromatic N) is 9. The van der Waals surface area contributed by atoms with Gasteiger partial charge in [-0.05, 0) is 38.7 Å². The number of halogens is 1. The molecule has 6 heterocycles. The summed E-state index contributed by atoms with van der Waals surface area (Å²) in [5, 5.41) is 7.18. The van der Waals surface area contributed by atoms with Crippen molar-refractivity contribution >= 4 is 39.9 Å². The minimum atomic E-state index is -0.521. The number of rotatable bonds is 7. The van der Waals surface area contributed by atoms with E-state index in [1.54, 1.807) is 35.0 Å². The molecule has 1 fully saturated rings. The Labute approximate surface area is 257 Å². The summed E-state index contributed by atoms with van der Waals surface area (Å²) in [5.74, 6) is 1.91. The molecule has 1 aromatic carbocycles. The lowest BCUT2D eigenvalue weighted by molar-refractivity contribution is -0.129. The minimum Gasteiger partial charge on any atom is -0.487 e. The fraction of sp³-hybridized carbons (Fsp3) is 0.290. The van der Waals surface area contributed by atoms with Crippen molar-refractivity contribution in [1.82, 2.24) is 39.3 Å². The Morgan fingerprint density at radius 3 is 2.93 bits per heavy atom. The average Bonchev–Trinajstić information content (AvgIpc) is 3.45. The first-order valence-corrected chi connectivity index (χ1v) is 14.5. The summed E-state index contributed by atoms with van der Waals surface area (Å²) < 4.78 is 29.2. The molecule has 45 heavy (non-hydrogen) atoms. The maximum atomic E-state index is 15.4. The van der Waals surface area contributed by atoms with Crippen molar-refractivity contribution in [3.05, 3.63) is 72.7 Å². The van der Waals surface area contributed by atoms with Crippen LogP contribution in [0.2, 0.25) is 0 Å². The molecule has 1 atom stereocenters. The van der Waals surface area contributed by atoms with E-state index >= 15 is 4.39 Å². The number of benzene rings is 1.